The Kier molecular flexibility index (Phi) is 2.79. The summed E-state index contributed by atoms with van der Waals surface area (Å²) in [5, 5.41) is 6.52. The average Bonchev–Trinajstić information content (AvgIpc) is 3.07. The van der Waals surface area contributed by atoms with Gasteiger partial charge in [-0.25, -0.2) is 0 Å². The number of nitrogens with one attached hydrogen (secondary N) is 2. The molecule has 2 aliphatic carbocycles. The van der Waals surface area contributed by atoms with E-state index >= 15 is 0 Å². The van der Waals surface area contributed by atoms with Gasteiger partial charge in [0.15, 0.2) is 0 Å². The standard InChI is InChI=1S/C17H20N2O/c20-17-6-3-13-9-15(4-5-16(13)19-17)18-10-14-8-11-1-2-12(14)7-11/h1-2,4-5,9,11-12,14,18H,3,6-8,10H2,(H,19,20). The van der Waals surface area contributed by atoms with Crippen molar-refractivity contribution in [2.24, 2.45) is 17.8 Å². The third-order valence-electron chi connectivity index (χ3n) is 4.99. The second-order valence-electron chi connectivity index (χ2n) is 6.34. The van der Waals surface area contributed by atoms with Crippen molar-refractivity contribution in [1.29, 1.82) is 0 Å². The number of carbonyl (C=O) groups excluding carboxylic acids is 1. The zero-order chi connectivity index (χ0) is 13.5. The molecule has 3 unspecified atom stereocenters. The Morgan fingerprint density at radius 3 is 2.95 bits per heavy atom. The Hall–Kier alpha value is -1.77. The highest BCUT2D eigenvalue weighted by atomic mass is 16.1. The third-order valence-corrected chi connectivity index (χ3v) is 4.99. The highest BCUT2D eigenvalue weighted by Crippen LogP contribution is 2.43. The summed E-state index contributed by atoms with van der Waals surface area (Å²) in [5.41, 5.74) is 3.42. The molecule has 0 spiro atoms. The Morgan fingerprint density at radius 1 is 1.20 bits per heavy atom. The maximum absolute atomic E-state index is 11.4. The van der Waals surface area contributed by atoms with E-state index in [1.54, 1.807) is 0 Å². The van der Waals surface area contributed by atoms with Crippen LogP contribution in [-0.4, -0.2) is 12.5 Å². The Morgan fingerprint density at radius 2 is 2.15 bits per heavy atom. The van der Waals surface area contributed by atoms with Gasteiger partial charge in [0, 0.05) is 24.3 Å². The van der Waals surface area contributed by atoms with Crippen molar-refractivity contribution in [1.82, 2.24) is 0 Å². The maximum Gasteiger partial charge on any atom is 0.224 e. The second kappa shape index (κ2) is 4.65. The number of amides is 1. The van der Waals surface area contributed by atoms with Crippen LogP contribution in [0.3, 0.4) is 0 Å². The quantitative estimate of drug-likeness (QED) is 0.827. The molecule has 1 amide bonds. The zero-order valence-electron chi connectivity index (χ0n) is 11.6. The molecule has 0 radical (unpaired) electrons. The number of hydrogen-bond acceptors (Lipinski definition) is 2. The van der Waals surface area contributed by atoms with Crippen molar-refractivity contribution < 1.29 is 4.79 Å². The van der Waals surface area contributed by atoms with E-state index in [0.717, 1.165) is 36.4 Å². The maximum atomic E-state index is 11.4. The summed E-state index contributed by atoms with van der Waals surface area (Å²) in [4.78, 5) is 11.4. The Bertz CT molecular complexity index is 578. The van der Waals surface area contributed by atoms with Gasteiger partial charge in [-0.05, 0) is 60.8 Å². The predicted octanol–water partition coefficient (Wildman–Crippen LogP) is 3.20. The lowest BCUT2D eigenvalue weighted by atomic mass is 9.93. The minimum Gasteiger partial charge on any atom is -0.385 e. The molecule has 20 heavy (non-hydrogen) atoms. The molecule has 1 saturated carbocycles. The van der Waals surface area contributed by atoms with Gasteiger partial charge in [-0.2, -0.15) is 0 Å². The van der Waals surface area contributed by atoms with Gasteiger partial charge in [-0.3, -0.25) is 4.79 Å². The molecule has 1 aromatic carbocycles. The number of allylic oxidation sites excluding steroid dienone is 2. The number of fused-ring (bicyclic) bond motifs is 3. The summed E-state index contributed by atoms with van der Waals surface area (Å²) < 4.78 is 0. The largest absolute Gasteiger partial charge is 0.385 e. The molecule has 0 aromatic heterocycles. The molecule has 3 atom stereocenters. The smallest absolute Gasteiger partial charge is 0.224 e. The van der Waals surface area contributed by atoms with Crippen molar-refractivity contribution >= 4 is 17.3 Å². The zero-order valence-corrected chi connectivity index (χ0v) is 11.6. The summed E-state index contributed by atoms with van der Waals surface area (Å²) in [5.74, 6) is 2.56. The van der Waals surface area contributed by atoms with Crippen LogP contribution < -0.4 is 10.6 Å². The van der Waals surface area contributed by atoms with Crippen LogP contribution in [0, 0.1) is 17.8 Å². The van der Waals surface area contributed by atoms with Crippen LogP contribution in [0.5, 0.6) is 0 Å². The van der Waals surface area contributed by atoms with Crippen molar-refractivity contribution in [2.75, 3.05) is 17.2 Å². The van der Waals surface area contributed by atoms with Crippen LogP contribution in [0.1, 0.15) is 24.8 Å². The monoisotopic (exact) mass is 268 g/mol. The topological polar surface area (TPSA) is 41.1 Å². The van der Waals surface area contributed by atoms with Crippen LogP contribution in [0.25, 0.3) is 0 Å². The lowest BCUT2D eigenvalue weighted by molar-refractivity contribution is -0.116. The molecule has 3 aliphatic rings. The summed E-state index contributed by atoms with van der Waals surface area (Å²) >= 11 is 0. The summed E-state index contributed by atoms with van der Waals surface area (Å²) in [7, 11) is 0. The van der Waals surface area contributed by atoms with E-state index in [4.69, 9.17) is 0 Å². The normalized spacial score (nSPS) is 30.2. The fourth-order valence-electron chi connectivity index (χ4n) is 3.87. The molecule has 104 valence electrons. The Balaban J connectivity index is 1.42. The van der Waals surface area contributed by atoms with Gasteiger partial charge >= 0.3 is 0 Å². The first kappa shape index (κ1) is 12.0. The lowest BCUT2D eigenvalue weighted by Gasteiger charge is -2.21. The van der Waals surface area contributed by atoms with Gasteiger partial charge in [0.05, 0.1) is 0 Å². The number of benzene rings is 1. The number of anilines is 2. The molecule has 2 bridgehead atoms. The number of rotatable bonds is 3. The minimum atomic E-state index is 0.131. The molecule has 1 fully saturated rings. The molecule has 1 heterocycles. The first-order valence-electron chi connectivity index (χ1n) is 7.63. The number of carbonyl (C=O) groups is 1. The van der Waals surface area contributed by atoms with E-state index in [9.17, 15) is 4.79 Å². The van der Waals surface area contributed by atoms with Gasteiger partial charge in [0.25, 0.3) is 0 Å². The SMILES string of the molecule is O=C1CCc2cc(NCC3CC4C=CC3C4)ccc2N1. The van der Waals surface area contributed by atoms with Gasteiger partial charge in [-0.1, -0.05) is 12.2 Å². The molecule has 2 N–H and O–H groups in total. The third kappa shape index (κ3) is 2.11. The van der Waals surface area contributed by atoms with Gasteiger partial charge in [-0.15, -0.1) is 0 Å². The second-order valence-corrected chi connectivity index (χ2v) is 6.34. The van der Waals surface area contributed by atoms with Gasteiger partial charge in [0.2, 0.25) is 5.91 Å². The molecule has 0 saturated heterocycles. The van der Waals surface area contributed by atoms with Crippen molar-refractivity contribution in [3.05, 3.63) is 35.9 Å². The van der Waals surface area contributed by atoms with Crippen molar-refractivity contribution in [2.45, 2.75) is 25.7 Å². The fraction of sp³-hybridized carbons (Fsp3) is 0.471. The molecular weight excluding hydrogens is 248 g/mol. The first-order chi connectivity index (χ1) is 9.78. The summed E-state index contributed by atoms with van der Waals surface area (Å²) in [6.45, 7) is 1.07. The average molecular weight is 268 g/mol. The number of aryl methyl sites for hydroxylation is 1. The molecule has 3 heteroatoms. The van der Waals surface area contributed by atoms with Crippen LogP contribution >= 0.6 is 0 Å². The van der Waals surface area contributed by atoms with Crippen LogP contribution in [0.2, 0.25) is 0 Å². The van der Waals surface area contributed by atoms with E-state index in [-0.39, 0.29) is 5.91 Å². The van der Waals surface area contributed by atoms with Crippen molar-refractivity contribution in [3.8, 4) is 0 Å². The van der Waals surface area contributed by atoms with Gasteiger partial charge in [0.1, 0.15) is 0 Å². The van der Waals surface area contributed by atoms with Crippen LogP contribution in [0.4, 0.5) is 11.4 Å². The van der Waals surface area contributed by atoms with Crippen molar-refractivity contribution in [3.63, 3.8) is 0 Å². The highest BCUT2D eigenvalue weighted by Gasteiger charge is 2.35. The van der Waals surface area contributed by atoms with Crippen LogP contribution in [0.15, 0.2) is 30.4 Å². The fourth-order valence-corrected chi connectivity index (χ4v) is 3.87. The van der Waals surface area contributed by atoms with Crippen LogP contribution in [-0.2, 0) is 11.2 Å². The molecular formula is C17H20N2O. The molecule has 3 nitrogen and oxygen atoms in total. The predicted molar refractivity (Wildman–Crippen MR) is 80.7 cm³/mol. The lowest BCUT2D eigenvalue weighted by Crippen LogP contribution is -2.20. The Labute approximate surface area is 119 Å². The van der Waals surface area contributed by atoms with E-state index in [0.29, 0.717) is 6.42 Å². The van der Waals surface area contributed by atoms with E-state index in [1.165, 1.54) is 24.1 Å². The minimum absolute atomic E-state index is 0.131. The molecule has 1 aliphatic heterocycles. The highest BCUT2D eigenvalue weighted by molar-refractivity contribution is 5.94. The van der Waals surface area contributed by atoms with Gasteiger partial charge < -0.3 is 10.6 Å². The molecule has 4 rings (SSSR count). The number of hydrogen-bond donors (Lipinski definition) is 2. The summed E-state index contributed by atoms with van der Waals surface area (Å²) in [6, 6.07) is 6.29. The van der Waals surface area contributed by atoms with E-state index in [1.807, 2.05) is 6.07 Å². The van der Waals surface area contributed by atoms with E-state index < -0.39 is 0 Å². The summed E-state index contributed by atoms with van der Waals surface area (Å²) in [6.07, 6.45) is 8.96. The molecule has 1 aromatic rings. The van der Waals surface area contributed by atoms with E-state index in [2.05, 4.69) is 34.9 Å². The first-order valence-corrected chi connectivity index (χ1v) is 7.63.